The maximum atomic E-state index is 13.6. The quantitative estimate of drug-likeness (QED) is 0.849. The van der Waals surface area contributed by atoms with E-state index in [-0.39, 0.29) is 5.82 Å². The molecule has 1 aliphatic heterocycles. The Morgan fingerprint density at radius 3 is 2.72 bits per heavy atom. The van der Waals surface area contributed by atoms with Crippen molar-refractivity contribution in [1.82, 2.24) is 5.32 Å². The van der Waals surface area contributed by atoms with Crippen LogP contribution in [0.5, 0.6) is 5.75 Å². The molecule has 2 nitrogen and oxygen atoms in total. The zero-order valence-corrected chi connectivity index (χ0v) is 11.8. The van der Waals surface area contributed by atoms with Crippen molar-refractivity contribution >= 4 is 11.8 Å². The van der Waals surface area contributed by atoms with E-state index in [0.29, 0.717) is 5.92 Å². The molecule has 1 aliphatic rings. The number of halogens is 1. The van der Waals surface area contributed by atoms with Crippen LogP contribution >= 0.6 is 11.8 Å². The van der Waals surface area contributed by atoms with E-state index >= 15 is 0 Å². The summed E-state index contributed by atoms with van der Waals surface area (Å²) in [6.07, 6.45) is 5.18. The van der Waals surface area contributed by atoms with Gasteiger partial charge in [0.25, 0.3) is 0 Å². The van der Waals surface area contributed by atoms with Crippen LogP contribution in [0.25, 0.3) is 0 Å². The van der Waals surface area contributed by atoms with E-state index in [2.05, 4.69) is 5.32 Å². The predicted molar refractivity (Wildman–Crippen MR) is 74.0 cm³/mol. The fourth-order valence-electron chi connectivity index (χ4n) is 2.55. The lowest BCUT2D eigenvalue weighted by atomic mass is 9.90. The van der Waals surface area contributed by atoms with Gasteiger partial charge in [-0.1, -0.05) is 0 Å². The smallest absolute Gasteiger partial charge is 0.135 e. The fraction of sp³-hybridized carbons (Fsp3) is 0.571. The van der Waals surface area contributed by atoms with Crippen LogP contribution in [-0.4, -0.2) is 26.5 Å². The van der Waals surface area contributed by atoms with Gasteiger partial charge in [-0.25, -0.2) is 4.39 Å². The number of benzene rings is 1. The Balaban J connectivity index is 2.21. The van der Waals surface area contributed by atoms with Crippen LogP contribution in [0.4, 0.5) is 4.39 Å². The Morgan fingerprint density at radius 1 is 1.39 bits per heavy atom. The second-order valence-corrected chi connectivity index (χ2v) is 5.55. The Kier molecular flexibility index (Phi) is 4.89. The summed E-state index contributed by atoms with van der Waals surface area (Å²) >= 11 is 1.53. The Labute approximate surface area is 112 Å². The molecule has 0 spiro atoms. The summed E-state index contributed by atoms with van der Waals surface area (Å²) in [7, 11) is 1.67. The van der Waals surface area contributed by atoms with Gasteiger partial charge in [-0.15, -0.1) is 11.8 Å². The summed E-state index contributed by atoms with van der Waals surface area (Å²) in [5, 5.41) is 3.35. The van der Waals surface area contributed by atoms with Gasteiger partial charge in [0.2, 0.25) is 0 Å². The zero-order valence-electron chi connectivity index (χ0n) is 11.0. The number of hydrogen-bond donors (Lipinski definition) is 1. The summed E-state index contributed by atoms with van der Waals surface area (Å²) in [6.45, 7) is 2.13. The normalized spacial score (nSPS) is 16.8. The molecule has 0 bridgehead atoms. The van der Waals surface area contributed by atoms with Crippen molar-refractivity contribution in [3.05, 3.63) is 23.5 Å². The summed E-state index contributed by atoms with van der Waals surface area (Å²) < 4.78 is 19.1. The molecule has 1 fully saturated rings. The largest absolute Gasteiger partial charge is 0.495 e. The van der Waals surface area contributed by atoms with Crippen LogP contribution in [0, 0.1) is 11.7 Å². The van der Waals surface area contributed by atoms with Crippen molar-refractivity contribution in [3.63, 3.8) is 0 Å². The maximum absolute atomic E-state index is 13.6. The van der Waals surface area contributed by atoms with E-state index in [1.54, 1.807) is 19.2 Å². The number of thioether (sulfide) groups is 1. The molecule has 0 aromatic heterocycles. The average molecular weight is 269 g/mol. The topological polar surface area (TPSA) is 21.3 Å². The second-order valence-electron chi connectivity index (χ2n) is 4.70. The predicted octanol–water partition coefficient (Wildman–Crippen LogP) is 3.10. The Bertz CT molecular complexity index is 405. The van der Waals surface area contributed by atoms with Crippen LogP contribution in [0.15, 0.2) is 17.0 Å². The minimum Gasteiger partial charge on any atom is -0.495 e. The molecule has 1 heterocycles. The van der Waals surface area contributed by atoms with Crippen molar-refractivity contribution < 1.29 is 9.13 Å². The van der Waals surface area contributed by atoms with Crippen molar-refractivity contribution in [3.8, 4) is 5.75 Å². The number of nitrogens with one attached hydrogen (secondary N) is 1. The fourth-order valence-corrected chi connectivity index (χ4v) is 3.18. The van der Waals surface area contributed by atoms with Crippen LogP contribution in [0.3, 0.4) is 0 Å². The molecule has 18 heavy (non-hydrogen) atoms. The molecule has 1 aromatic carbocycles. The third-order valence-electron chi connectivity index (χ3n) is 3.49. The van der Waals surface area contributed by atoms with E-state index < -0.39 is 0 Å². The average Bonchev–Trinajstić information content (AvgIpc) is 2.39. The molecule has 0 unspecified atom stereocenters. The zero-order chi connectivity index (χ0) is 13.0. The molecular weight excluding hydrogens is 249 g/mol. The number of hydrogen-bond acceptors (Lipinski definition) is 3. The van der Waals surface area contributed by atoms with Crippen LogP contribution in [0.2, 0.25) is 0 Å². The maximum Gasteiger partial charge on any atom is 0.135 e. The van der Waals surface area contributed by atoms with Crippen LogP contribution in [0.1, 0.15) is 18.4 Å². The highest BCUT2D eigenvalue weighted by molar-refractivity contribution is 7.98. The molecule has 100 valence electrons. The third-order valence-corrected chi connectivity index (χ3v) is 4.23. The highest BCUT2D eigenvalue weighted by Gasteiger charge is 2.18. The summed E-state index contributed by atoms with van der Waals surface area (Å²) in [6, 6.07) is 3.18. The monoisotopic (exact) mass is 269 g/mol. The molecule has 1 saturated heterocycles. The van der Waals surface area contributed by atoms with Crippen molar-refractivity contribution in [2.75, 3.05) is 26.5 Å². The molecule has 0 atom stereocenters. The minimum atomic E-state index is -0.163. The van der Waals surface area contributed by atoms with Gasteiger partial charge in [-0.2, -0.15) is 0 Å². The van der Waals surface area contributed by atoms with E-state index in [1.807, 2.05) is 6.26 Å². The van der Waals surface area contributed by atoms with E-state index in [9.17, 15) is 4.39 Å². The first-order chi connectivity index (χ1) is 8.74. The van der Waals surface area contributed by atoms with Gasteiger partial charge in [0.15, 0.2) is 0 Å². The van der Waals surface area contributed by atoms with Gasteiger partial charge < -0.3 is 10.1 Å². The van der Waals surface area contributed by atoms with Gasteiger partial charge in [-0.05, 0) is 62.2 Å². The number of piperidine rings is 1. The van der Waals surface area contributed by atoms with Crippen LogP contribution < -0.4 is 10.1 Å². The highest BCUT2D eigenvalue weighted by Crippen LogP contribution is 2.34. The minimum absolute atomic E-state index is 0.163. The molecule has 1 aromatic rings. The Morgan fingerprint density at radius 2 is 2.11 bits per heavy atom. The lowest BCUT2D eigenvalue weighted by molar-refractivity contribution is 0.357. The van der Waals surface area contributed by atoms with Gasteiger partial charge >= 0.3 is 0 Å². The second kappa shape index (κ2) is 6.43. The molecule has 0 radical (unpaired) electrons. The first-order valence-electron chi connectivity index (χ1n) is 6.35. The van der Waals surface area contributed by atoms with Gasteiger partial charge in [0.1, 0.15) is 11.6 Å². The molecule has 1 N–H and O–H groups in total. The SMILES string of the molecule is COc1c(CC2CCNCC2)cc(F)cc1SC. The number of methoxy groups -OCH3 is 1. The highest BCUT2D eigenvalue weighted by atomic mass is 32.2. The molecule has 0 aliphatic carbocycles. The summed E-state index contributed by atoms with van der Waals surface area (Å²) in [5.74, 6) is 1.32. The Hall–Kier alpha value is -0.740. The van der Waals surface area contributed by atoms with Gasteiger partial charge in [0.05, 0.1) is 12.0 Å². The van der Waals surface area contributed by atoms with E-state index in [1.165, 1.54) is 11.8 Å². The van der Waals surface area contributed by atoms with Crippen molar-refractivity contribution in [1.29, 1.82) is 0 Å². The molecule has 4 heteroatoms. The lowest BCUT2D eigenvalue weighted by Gasteiger charge is -2.23. The number of rotatable bonds is 4. The van der Waals surface area contributed by atoms with Crippen LogP contribution in [-0.2, 0) is 6.42 Å². The summed E-state index contributed by atoms with van der Waals surface area (Å²) in [5.41, 5.74) is 1.01. The summed E-state index contributed by atoms with van der Waals surface area (Å²) in [4.78, 5) is 0.890. The van der Waals surface area contributed by atoms with Gasteiger partial charge in [-0.3, -0.25) is 0 Å². The van der Waals surface area contributed by atoms with Crippen molar-refractivity contribution in [2.24, 2.45) is 5.92 Å². The lowest BCUT2D eigenvalue weighted by Crippen LogP contribution is -2.28. The van der Waals surface area contributed by atoms with E-state index in [4.69, 9.17) is 4.74 Å². The molecule has 0 amide bonds. The van der Waals surface area contributed by atoms with Gasteiger partial charge in [0, 0.05) is 0 Å². The van der Waals surface area contributed by atoms with Crippen molar-refractivity contribution in [2.45, 2.75) is 24.2 Å². The number of ether oxygens (including phenoxy) is 1. The molecule has 0 saturated carbocycles. The first-order valence-corrected chi connectivity index (χ1v) is 7.58. The van der Waals surface area contributed by atoms with E-state index in [0.717, 1.165) is 48.6 Å². The standard InChI is InChI=1S/C14H20FNOS/c1-17-14-11(7-10-3-5-16-6-4-10)8-12(15)9-13(14)18-2/h8-10,16H,3-7H2,1-2H3. The third kappa shape index (κ3) is 3.18. The first kappa shape index (κ1) is 13.7. The molecular formula is C14H20FNOS. The molecule has 2 rings (SSSR count).